The Balaban J connectivity index is 1.96. The first-order valence-corrected chi connectivity index (χ1v) is 7.95. The second-order valence-electron chi connectivity index (χ2n) is 5.37. The van der Waals surface area contributed by atoms with Crippen molar-refractivity contribution in [3.8, 4) is 11.5 Å². The first-order chi connectivity index (χ1) is 11.7. The van der Waals surface area contributed by atoms with Crippen LogP contribution in [0.3, 0.4) is 0 Å². The van der Waals surface area contributed by atoms with Crippen molar-refractivity contribution in [2.45, 2.75) is 19.8 Å². The second kappa shape index (κ2) is 8.77. The molecule has 0 aliphatic carbocycles. The molecule has 2 aromatic rings. The number of hydrogen-bond acceptors (Lipinski definition) is 3. The Kier molecular flexibility index (Phi) is 6.43. The molecule has 0 aliphatic heterocycles. The first kappa shape index (κ1) is 17.6. The molecule has 4 nitrogen and oxygen atoms in total. The van der Waals surface area contributed by atoms with Crippen LogP contribution in [-0.4, -0.2) is 19.6 Å². The number of anilines is 1. The molecule has 0 aliphatic rings. The highest BCUT2D eigenvalue weighted by atomic mass is 16.5. The molecule has 0 saturated heterocycles. The predicted octanol–water partition coefficient (Wildman–Crippen LogP) is 4.00. The number of amides is 1. The van der Waals surface area contributed by atoms with Crippen molar-refractivity contribution in [2.24, 2.45) is 0 Å². The summed E-state index contributed by atoms with van der Waals surface area (Å²) >= 11 is 0. The number of rotatable bonds is 8. The van der Waals surface area contributed by atoms with Gasteiger partial charge in [0.25, 0.3) is 5.91 Å². The third-order valence-electron chi connectivity index (χ3n) is 3.59. The zero-order valence-electron chi connectivity index (χ0n) is 14.2. The van der Waals surface area contributed by atoms with Gasteiger partial charge in [-0.1, -0.05) is 31.2 Å². The second-order valence-corrected chi connectivity index (χ2v) is 5.37. The largest absolute Gasteiger partial charge is 0.493 e. The number of aryl methyl sites for hydroxylation is 1. The fraction of sp³-hybridized carbons (Fsp3) is 0.250. The normalized spacial score (nSPS) is 10.1. The lowest BCUT2D eigenvalue weighted by atomic mass is 10.1. The van der Waals surface area contributed by atoms with E-state index in [1.807, 2.05) is 48.5 Å². The van der Waals surface area contributed by atoms with Gasteiger partial charge in [0.15, 0.2) is 18.1 Å². The van der Waals surface area contributed by atoms with Gasteiger partial charge in [0.05, 0.1) is 7.11 Å². The maximum Gasteiger partial charge on any atom is 0.262 e. The Morgan fingerprint density at radius 1 is 1.17 bits per heavy atom. The van der Waals surface area contributed by atoms with E-state index in [2.05, 4.69) is 18.8 Å². The van der Waals surface area contributed by atoms with Crippen LogP contribution in [0.15, 0.2) is 55.1 Å². The summed E-state index contributed by atoms with van der Waals surface area (Å²) in [6.07, 6.45) is 3.51. The average Bonchev–Trinajstić information content (AvgIpc) is 2.61. The number of hydrogen-bond donors (Lipinski definition) is 1. The molecular formula is C20H23NO3. The summed E-state index contributed by atoms with van der Waals surface area (Å²) in [5.41, 5.74) is 3.03. The van der Waals surface area contributed by atoms with Crippen LogP contribution in [0, 0.1) is 0 Å². The lowest BCUT2D eigenvalue weighted by Gasteiger charge is -2.12. The van der Waals surface area contributed by atoms with E-state index in [4.69, 9.17) is 9.47 Å². The van der Waals surface area contributed by atoms with Crippen LogP contribution in [0.2, 0.25) is 0 Å². The van der Waals surface area contributed by atoms with E-state index >= 15 is 0 Å². The van der Waals surface area contributed by atoms with E-state index in [0.29, 0.717) is 11.5 Å². The summed E-state index contributed by atoms with van der Waals surface area (Å²) in [6, 6.07) is 13.4. The minimum absolute atomic E-state index is 0.0759. The molecular weight excluding hydrogens is 302 g/mol. The number of allylic oxidation sites excluding steroid dienone is 1. The van der Waals surface area contributed by atoms with Gasteiger partial charge in [-0.25, -0.2) is 0 Å². The topological polar surface area (TPSA) is 47.6 Å². The minimum Gasteiger partial charge on any atom is -0.493 e. The lowest BCUT2D eigenvalue weighted by Crippen LogP contribution is -2.20. The fourth-order valence-corrected chi connectivity index (χ4v) is 2.33. The molecule has 4 heteroatoms. The van der Waals surface area contributed by atoms with Crippen molar-refractivity contribution in [1.82, 2.24) is 0 Å². The molecule has 2 rings (SSSR count). The highest BCUT2D eigenvalue weighted by Gasteiger charge is 2.09. The van der Waals surface area contributed by atoms with E-state index < -0.39 is 0 Å². The van der Waals surface area contributed by atoms with Crippen LogP contribution in [-0.2, 0) is 17.6 Å². The van der Waals surface area contributed by atoms with Gasteiger partial charge in [0.2, 0.25) is 0 Å². The Morgan fingerprint density at radius 2 is 2.00 bits per heavy atom. The summed E-state index contributed by atoms with van der Waals surface area (Å²) in [4.78, 5) is 12.1. The molecule has 0 bridgehead atoms. The van der Waals surface area contributed by atoms with Crippen LogP contribution in [0.1, 0.15) is 18.1 Å². The zero-order valence-corrected chi connectivity index (χ0v) is 14.2. The third kappa shape index (κ3) is 4.88. The van der Waals surface area contributed by atoms with Crippen LogP contribution < -0.4 is 14.8 Å². The molecule has 0 fully saturated rings. The average molecular weight is 325 g/mol. The van der Waals surface area contributed by atoms with Crippen LogP contribution in [0.25, 0.3) is 0 Å². The summed E-state index contributed by atoms with van der Waals surface area (Å²) in [5, 5.41) is 2.84. The van der Waals surface area contributed by atoms with E-state index in [1.165, 1.54) is 5.56 Å². The lowest BCUT2D eigenvalue weighted by molar-refractivity contribution is -0.118. The van der Waals surface area contributed by atoms with E-state index in [1.54, 1.807) is 7.11 Å². The Morgan fingerprint density at radius 3 is 2.71 bits per heavy atom. The zero-order chi connectivity index (χ0) is 17.4. The number of carbonyl (C=O) groups is 1. The van der Waals surface area contributed by atoms with Crippen molar-refractivity contribution < 1.29 is 14.3 Å². The maximum absolute atomic E-state index is 12.1. The van der Waals surface area contributed by atoms with Crippen LogP contribution in [0.4, 0.5) is 5.69 Å². The Bertz CT molecular complexity index is 710. The SMILES string of the molecule is C=CCc1ccc(OCC(=O)Nc2cccc(CC)c2)c(OC)c1. The number of benzene rings is 2. The highest BCUT2D eigenvalue weighted by Crippen LogP contribution is 2.28. The van der Waals surface area contributed by atoms with E-state index in [9.17, 15) is 4.79 Å². The molecule has 0 aromatic heterocycles. The quantitative estimate of drug-likeness (QED) is 0.746. The number of ether oxygens (including phenoxy) is 2. The van der Waals surface area contributed by atoms with Crippen molar-refractivity contribution in [1.29, 1.82) is 0 Å². The van der Waals surface area contributed by atoms with Crippen molar-refractivity contribution in [3.05, 3.63) is 66.2 Å². The van der Waals surface area contributed by atoms with Gasteiger partial charge in [-0.15, -0.1) is 6.58 Å². The van der Waals surface area contributed by atoms with Gasteiger partial charge >= 0.3 is 0 Å². The molecule has 0 radical (unpaired) electrons. The van der Waals surface area contributed by atoms with Gasteiger partial charge < -0.3 is 14.8 Å². The summed E-state index contributed by atoms with van der Waals surface area (Å²) < 4.78 is 10.9. The molecule has 0 saturated carbocycles. The Labute approximate surface area is 143 Å². The highest BCUT2D eigenvalue weighted by molar-refractivity contribution is 5.92. The van der Waals surface area contributed by atoms with E-state index in [-0.39, 0.29) is 12.5 Å². The minimum atomic E-state index is -0.208. The van der Waals surface area contributed by atoms with Crippen molar-refractivity contribution in [2.75, 3.05) is 19.0 Å². The number of carbonyl (C=O) groups excluding carboxylic acids is 1. The van der Waals surface area contributed by atoms with Gasteiger partial charge in [0, 0.05) is 5.69 Å². The van der Waals surface area contributed by atoms with Crippen LogP contribution >= 0.6 is 0 Å². The number of methoxy groups -OCH3 is 1. The first-order valence-electron chi connectivity index (χ1n) is 7.95. The summed E-state index contributed by atoms with van der Waals surface area (Å²) in [5.74, 6) is 0.943. The molecule has 0 atom stereocenters. The molecule has 0 spiro atoms. The number of nitrogens with one attached hydrogen (secondary N) is 1. The van der Waals surface area contributed by atoms with Crippen LogP contribution in [0.5, 0.6) is 11.5 Å². The fourth-order valence-electron chi connectivity index (χ4n) is 2.33. The monoisotopic (exact) mass is 325 g/mol. The van der Waals surface area contributed by atoms with Gasteiger partial charge in [-0.3, -0.25) is 4.79 Å². The summed E-state index contributed by atoms with van der Waals surface area (Å²) in [6.45, 7) is 5.72. The molecule has 126 valence electrons. The molecule has 0 unspecified atom stereocenters. The van der Waals surface area contributed by atoms with E-state index in [0.717, 1.165) is 24.1 Å². The van der Waals surface area contributed by atoms with Gasteiger partial charge in [0.1, 0.15) is 0 Å². The van der Waals surface area contributed by atoms with Gasteiger partial charge in [-0.2, -0.15) is 0 Å². The van der Waals surface area contributed by atoms with Gasteiger partial charge in [-0.05, 0) is 48.2 Å². The van der Waals surface area contributed by atoms with Crippen molar-refractivity contribution >= 4 is 11.6 Å². The molecule has 2 aromatic carbocycles. The predicted molar refractivity (Wildman–Crippen MR) is 96.8 cm³/mol. The molecule has 24 heavy (non-hydrogen) atoms. The maximum atomic E-state index is 12.1. The Hall–Kier alpha value is -2.75. The summed E-state index contributed by atoms with van der Waals surface area (Å²) in [7, 11) is 1.58. The molecule has 1 N–H and O–H groups in total. The molecule has 0 heterocycles. The third-order valence-corrected chi connectivity index (χ3v) is 3.59. The molecule has 1 amide bonds. The standard InChI is InChI=1S/C20H23NO3/c1-4-7-16-10-11-18(19(13-16)23-3)24-14-20(22)21-17-9-6-8-15(5-2)12-17/h4,6,8-13H,1,5,7,14H2,2-3H3,(H,21,22). The van der Waals surface area contributed by atoms with Crippen molar-refractivity contribution in [3.63, 3.8) is 0 Å². The smallest absolute Gasteiger partial charge is 0.262 e.